The number of rotatable bonds is 4. The molecule has 0 aliphatic heterocycles. The van der Waals surface area contributed by atoms with E-state index < -0.39 is 0 Å². The van der Waals surface area contributed by atoms with Crippen LogP contribution in [0.2, 0.25) is 0 Å². The number of aryl methyl sites for hydroxylation is 1. The molecular formula is C12H15Br. The van der Waals surface area contributed by atoms with Gasteiger partial charge in [-0.05, 0) is 29.9 Å². The molecule has 0 heterocycles. The molecule has 1 aliphatic carbocycles. The largest absolute Gasteiger partial charge is 0.0876 e. The Kier molecular flexibility index (Phi) is 3.05. The summed E-state index contributed by atoms with van der Waals surface area (Å²) >= 11 is 3.45. The minimum Gasteiger partial charge on any atom is -0.0876 e. The first-order valence-electron chi connectivity index (χ1n) is 5.02. The van der Waals surface area contributed by atoms with E-state index in [4.69, 9.17) is 0 Å². The molecule has 0 N–H and O–H groups in total. The second-order valence-electron chi connectivity index (χ2n) is 3.93. The van der Waals surface area contributed by atoms with Crippen LogP contribution in [-0.4, -0.2) is 0 Å². The Balaban J connectivity index is 1.88. The molecular weight excluding hydrogens is 224 g/mol. The molecule has 1 saturated carbocycles. The van der Waals surface area contributed by atoms with E-state index in [1.807, 2.05) is 0 Å². The Bertz CT molecular complexity index is 259. The van der Waals surface area contributed by atoms with Gasteiger partial charge in [-0.15, -0.1) is 0 Å². The van der Waals surface area contributed by atoms with E-state index in [0.717, 1.165) is 11.2 Å². The maximum atomic E-state index is 3.45. The molecule has 0 bridgehead atoms. The van der Waals surface area contributed by atoms with Gasteiger partial charge in [0.15, 0.2) is 0 Å². The van der Waals surface area contributed by atoms with E-state index in [2.05, 4.69) is 40.2 Å². The summed E-state index contributed by atoms with van der Waals surface area (Å²) in [6, 6.07) is 8.96. The van der Waals surface area contributed by atoms with Crippen molar-refractivity contribution in [1.29, 1.82) is 0 Å². The van der Waals surface area contributed by atoms with E-state index in [1.54, 1.807) is 0 Å². The molecule has 0 aromatic heterocycles. The van der Waals surface area contributed by atoms with Gasteiger partial charge in [0.05, 0.1) is 0 Å². The van der Waals surface area contributed by atoms with Crippen molar-refractivity contribution in [2.75, 3.05) is 0 Å². The van der Waals surface area contributed by atoms with Crippen LogP contribution < -0.4 is 0 Å². The minimum atomic E-state index is 0.968. The molecule has 1 aliphatic rings. The van der Waals surface area contributed by atoms with Gasteiger partial charge >= 0.3 is 0 Å². The fourth-order valence-corrected chi connectivity index (χ4v) is 1.95. The molecule has 0 atom stereocenters. The topological polar surface area (TPSA) is 0 Å². The monoisotopic (exact) mass is 238 g/mol. The first kappa shape index (κ1) is 9.26. The average molecular weight is 239 g/mol. The third-order valence-electron chi connectivity index (χ3n) is 2.72. The van der Waals surface area contributed by atoms with Crippen molar-refractivity contribution in [1.82, 2.24) is 0 Å². The molecule has 0 spiro atoms. The van der Waals surface area contributed by atoms with Crippen LogP contribution in [0.3, 0.4) is 0 Å². The predicted molar refractivity (Wildman–Crippen MR) is 60.1 cm³/mol. The minimum absolute atomic E-state index is 0.968. The summed E-state index contributed by atoms with van der Waals surface area (Å²) in [5.41, 5.74) is 2.87. The van der Waals surface area contributed by atoms with E-state index in [-0.39, 0.29) is 0 Å². The summed E-state index contributed by atoms with van der Waals surface area (Å²) in [7, 11) is 0. The van der Waals surface area contributed by atoms with Crippen LogP contribution in [0.5, 0.6) is 0 Å². The van der Waals surface area contributed by atoms with Crippen molar-refractivity contribution < 1.29 is 0 Å². The second-order valence-corrected chi connectivity index (χ2v) is 4.49. The van der Waals surface area contributed by atoms with Crippen molar-refractivity contribution in [3.05, 3.63) is 35.4 Å². The van der Waals surface area contributed by atoms with Gasteiger partial charge in [0.1, 0.15) is 0 Å². The first-order chi connectivity index (χ1) is 6.38. The third-order valence-corrected chi connectivity index (χ3v) is 3.36. The van der Waals surface area contributed by atoms with Gasteiger partial charge in [-0.2, -0.15) is 0 Å². The molecule has 1 heteroatoms. The van der Waals surface area contributed by atoms with Crippen LogP contribution in [0, 0.1) is 5.92 Å². The van der Waals surface area contributed by atoms with Gasteiger partial charge in [0.2, 0.25) is 0 Å². The van der Waals surface area contributed by atoms with Gasteiger partial charge in [-0.3, -0.25) is 0 Å². The lowest BCUT2D eigenvalue weighted by molar-refractivity contribution is 0.726. The zero-order chi connectivity index (χ0) is 9.10. The van der Waals surface area contributed by atoms with Crippen molar-refractivity contribution in [2.24, 2.45) is 5.92 Å². The summed E-state index contributed by atoms with van der Waals surface area (Å²) in [5, 5.41) is 0.968. The summed E-state index contributed by atoms with van der Waals surface area (Å²) in [6.45, 7) is 0. The molecule has 0 saturated heterocycles. The zero-order valence-electron chi connectivity index (χ0n) is 7.80. The lowest BCUT2D eigenvalue weighted by Crippen LogP contribution is -1.87. The summed E-state index contributed by atoms with van der Waals surface area (Å²) < 4.78 is 0. The highest BCUT2D eigenvalue weighted by atomic mass is 79.9. The zero-order valence-corrected chi connectivity index (χ0v) is 9.39. The standard InChI is InChI=1S/C12H15Br/c13-9-12-7-5-11(6-8-12)4-3-10-1-2-10/h5-8,10H,1-4,9H2. The van der Waals surface area contributed by atoms with Crippen LogP contribution in [0.15, 0.2) is 24.3 Å². The Hall–Kier alpha value is -0.300. The summed E-state index contributed by atoms with van der Waals surface area (Å²) in [5.74, 6) is 1.05. The average Bonchev–Trinajstić information content (AvgIpc) is 2.99. The number of halogens is 1. The van der Waals surface area contributed by atoms with Crippen LogP contribution in [0.25, 0.3) is 0 Å². The van der Waals surface area contributed by atoms with Crippen molar-refractivity contribution in [3.63, 3.8) is 0 Å². The first-order valence-corrected chi connectivity index (χ1v) is 6.14. The maximum absolute atomic E-state index is 3.45. The molecule has 1 fully saturated rings. The smallest absolute Gasteiger partial charge is 0.0283 e. The Morgan fingerprint density at radius 1 is 1.08 bits per heavy atom. The van der Waals surface area contributed by atoms with Crippen molar-refractivity contribution in [3.8, 4) is 0 Å². The highest BCUT2D eigenvalue weighted by molar-refractivity contribution is 9.08. The van der Waals surface area contributed by atoms with Gasteiger partial charge in [-0.1, -0.05) is 53.0 Å². The van der Waals surface area contributed by atoms with E-state index >= 15 is 0 Å². The number of hydrogen-bond acceptors (Lipinski definition) is 0. The van der Waals surface area contributed by atoms with Crippen LogP contribution in [-0.2, 0) is 11.8 Å². The Morgan fingerprint density at radius 3 is 2.23 bits per heavy atom. The lowest BCUT2D eigenvalue weighted by atomic mass is 10.1. The highest BCUT2D eigenvalue weighted by Gasteiger charge is 2.20. The van der Waals surface area contributed by atoms with Crippen molar-refractivity contribution in [2.45, 2.75) is 31.0 Å². The third kappa shape index (κ3) is 2.84. The molecule has 0 unspecified atom stereocenters. The normalized spacial score (nSPS) is 16.1. The second kappa shape index (κ2) is 4.28. The molecule has 13 heavy (non-hydrogen) atoms. The van der Waals surface area contributed by atoms with Gasteiger partial charge < -0.3 is 0 Å². The Labute approximate surface area is 88.5 Å². The molecule has 2 rings (SSSR count). The highest BCUT2D eigenvalue weighted by Crippen LogP contribution is 2.33. The predicted octanol–water partition coefficient (Wildman–Crippen LogP) is 3.92. The summed E-state index contributed by atoms with van der Waals surface area (Å²) in [6.07, 6.45) is 5.61. The fourth-order valence-electron chi connectivity index (χ4n) is 1.57. The van der Waals surface area contributed by atoms with Gasteiger partial charge in [0, 0.05) is 5.33 Å². The molecule has 0 nitrogen and oxygen atoms in total. The van der Waals surface area contributed by atoms with E-state index in [9.17, 15) is 0 Å². The molecule has 1 aromatic rings. The molecule has 1 aromatic carbocycles. The lowest BCUT2D eigenvalue weighted by Gasteiger charge is -2.01. The Morgan fingerprint density at radius 2 is 1.69 bits per heavy atom. The number of alkyl halides is 1. The number of hydrogen-bond donors (Lipinski definition) is 0. The van der Waals surface area contributed by atoms with Crippen LogP contribution >= 0.6 is 15.9 Å². The molecule has 0 radical (unpaired) electrons. The van der Waals surface area contributed by atoms with Crippen LogP contribution in [0.4, 0.5) is 0 Å². The summed E-state index contributed by atoms with van der Waals surface area (Å²) in [4.78, 5) is 0. The maximum Gasteiger partial charge on any atom is 0.0283 e. The van der Waals surface area contributed by atoms with Crippen molar-refractivity contribution >= 4 is 15.9 Å². The van der Waals surface area contributed by atoms with Crippen LogP contribution in [0.1, 0.15) is 30.4 Å². The quantitative estimate of drug-likeness (QED) is 0.698. The van der Waals surface area contributed by atoms with E-state index in [0.29, 0.717) is 0 Å². The van der Waals surface area contributed by atoms with Gasteiger partial charge in [0.25, 0.3) is 0 Å². The van der Waals surface area contributed by atoms with E-state index in [1.165, 1.54) is 36.8 Å². The molecule has 0 amide bonds. The fraction of sp³-hybridized carbons (Fsp3) is 0.500. The molecule has 70 valence electrons. The number of benzene rings is 1. The SMILES string of the molecule is BrCc1ccc(CCC2CC2)cc1. The van der Waals surface area contributed by atoms with Gasteiger partial charge in [-0.25, -0.2) is 0 Å².